The van der Waals surface area contributed by atoms with Crippen LogP contribution in [0.5, 0.6) is 11.5 Å². The average molecular weight is 264 g/mol. The highest BCUT2D eigenvalue weighted by atomic mass is 16.5. The van der Waals surface area contributed by atoms with Crippen LogP contribution >= 0.6 is 0 Å². The number of hydrogen-bond donors (Lipinski definition) is 2. The van der Waals surface area contributed by atoms with Gasteiger partial charge < -0.3 is 20.5 Å². The summed E-state index contributed by atoms with van der Waals surface area (Å²) in [5.74, 6) is 1.32. The SMILES string of the molecule is COc1ccc(CC(=O)NC2CC(N)C2)cc1OC. The van der Waals surface area contributed by atoms with Gasteiger partial charge in [-0.25, -0.2) is 0 Å². The van der Waals surface area contributed by atoms with Gasteiger partial charge in [-0.1, -0.05) is 6.07 Å². The molecule has 104 valence electrons. The van der Waals surface area contributed by atoms with E-state index in [1.54, 1.807) is 20.3 Å². The van der Waals surface area contributed by atoms with Crippen LogP contribution in [0.4, 0.5) is 0 Å². The smallest absolute Gasteiger partial charge is 0.224 e. The third-order valence-electron chi connectivity index (χ3n) is 3.35. The van der Waals surface area contributed by atoms with Gasteiger partial charge in [0.25, 0.3) is 0 Å². The standard InChI is InChI=1S/C14H20N2O3/c1-18-12-4-3-9(5-13(12)19-2)6-14(17)16-11-7-10(15)8-11/h3-5,10-11H,6-8,15H2,1-2H3,(H,16,17). The zero-order chi connectivity index (χ0) is 13.8. The summed E-state index contributed by atoms with van der Waals surface area (Å²) in [6, 6.07) is 5.98. The molecule has 1 aliphatic carbocycles. The number of carbonyl (C=O) groups is 1. The van der Waals surface area contributed by atoms with E-state index in [0.29, 0.717) is 17.9 Å². The first-order valence-electron chi connectivity index (χ1n) is 6.38. The Hall–Kier alpha value is -1.75. The van der Waals surface area contributed by atoms with Crippen LogP contribution in [0.25, 0.3) is 0 Å². The van der Waals surface area contributed by atoms with Crippen molar-refractivity contribution in [1.29, 1.82) is 0 Å². The van der Waals surface area contributed by atoms with Crippen molar-refractivity contribution in [3.63, 3.8) is 0 Å². The van der Waals surface area contributed by atoms with Crippen LogP contribution in [0.1, 0.15) is 18.4 Å². The highest BCUT2D eigenvalue weighted by molar-refractivity contribution is 5.79. The molecule has 0 unspecified atom stereocenters. The Bertz CT molecular complexity index is 456. The van der Waals surface area contributed by atoms with Crippen molar-refractivity contribution < 1.29 is 14.3 Å². The van der Waals surface area contributed by atoms with Crippen molar-refractivity contribution in [3.8, 4) is 11.5 Å². The zero-order valence-corrected chi connectivity index (χ0v) is 11.3. The third-order valence-corrected chi connectivity index (χ3v) is 3.35. The van der Waals surface area contributed by atoms with Crippen LogP contribution < -0.4 is 20.5 Å². The number of ether oxygens (including phenoxy) is 2. The molecule has 5 heteroatoms. The second-order valence-electron chi connectivity index (χ2n) is 4.86. The molecule has 0 aromatic heterocycles. The maximum Gasteiger partial charge on any atom is 0.224 e. The molecule has 0 saturated heterocycles. The summed E-state index contributed by atoms with van der Waals surface area (Å²) < 4.78 is 10.4. The molecule has 0 bridgehead atoms. The van der Waals surface area contributed by atoms with E-state index >= 15 is 0 Å². The zero-order valence-electron chi connectivity index (χ0n) is 11.3. The molecular weight excluding hydrogens is 244 g/mol. The first-order valence-corrected chi connectivity index (χ1v) is 6.38. The monoisotopic (exact) mass is 264 g/mol. The molecule has 1 amide bonds. The normalized spacial score (nSPS) is 21.4. The highest BCUT2D eigenvalue weighted by Gasteiger charge is 2.26. The van der Waals surface area contributed by atoms with Crippen LogP contribution in [0, 0.1) is 0 Å². The molecule has 1 aromatic rings. The molecule has 3 N–H and O–H groups in total. The molecule has 0 radical (unpaired) electrons. The minimum absolute atomic E-state index is 0.0177. The first kappa shape index (κ1) is 13.7. The highest BCUT2D eigenvalue weighted by Crippen LogP contribution is 2.27. The number of benzene rings is 1. The first-order chi connectivity index (χ1) is 9.12. The number of rotatable bonds is 5. The Kier molecular flexibility index (Phi) is 4.27. The third kappa shape index (κ3) is 3.38. The molecule has 1 saturated carbocycles. The summed E-state index contributed by atoms with van der Waals surface area (Å²) in [5.41, 5.74) is 6.59. The van der Waals surface area contributed by atoms with E-state index in [2.05, 4.69) is 5.32 Å². The molecule has 19 heavy (non-hydrogen) atoms. The second kappa shape index (κ2) is 5.93. The van der Waals surface area contributed by atoms with Gasteiger partial charge in [0.1, 0.15) is 0 Å². The van der Waals surface area contributed by atoms with Crippen molar-refractivity contribution in [2.45, 2.75) is 31.3 Å². The lowest BCUT2D eigenvalue weighted by molar-refractivity contribution is -0.121. The molecule has 0 heterocycles. The number of methoxy groups -OCH3 is 2. The van der Waals surface area contributed by atoms with Crippen molar-refractivity contribution >= 4 is 5.91 Å². The van der Waals surface area contributed by atoms with Gasteiger partial charge >= 0.3 is 0 Å². The van der Waals surface area contributed by atoms with Gasteiger partial charge in [0, 0.05) is 12.1 Å². The van der Waals surface area contributed by atoms with Gasteiger partial charge in [-0.3, -0.25) is 4.79 Å². The number of hydrogen-bond acceptors (Lipinski definition) is 4. The van der Waals surface area contributed by atoms with E-state index in [1.807, 2.05) is 12.1 Å². The Labute approximate surface area is 113 Å². The van der Waals surface area contributed by atoms with Gasteiger partial charge in [-0.05, 0) is 30.5 Å². The maximum atomic E-state index is 11.9. The van der Waals surface area contributed by atoms with Gasteiger partial charge in [0.05, 0.1) is 20.6 Å². The maximum absolute atomic E-state index is 11.9. The summed E-state index contributed by atoms with van der Waals surface area (Å²) in [6.07, 6.45) is 2.08. The van der Waals surface area contributed by atoms with E-state index in [9.17, 15) is 4.79 Å². The summed E-state index contributed by atoms with van der Waals surface area (Å²) in [5, 5.41) is 2.97. The van der Waals surface area contributed by atoms with Crippen molar-refractivity contribution in [1.82, 2.24) is 5.32 Å². The minimum Gasteiger partial charge on any atom is -0.493 e. The average Bonchev–Trinajstić information content (AvgIpc) is 2.36. The molecule has 1 aromatic carbocycles. The van der Waals surface area contributed by atoms with Crippen LogP contribution in [-0.4, -0.2) is 32.2 Å². The Morgan fingerprint density at radius 1 is 1.32 bits per heavy atom. The van der Waals surface area contributed by atoms with E-state index in [4.69, 9.17) is 15.2 Å². The molecule has 5 nitrogen and oxygen atoms in total. The van der Waals surface area contributed by atoms with Crippen molar-refractivity contribution in [2.75, 3.05) is 14.2 Å². The summed E-state index contributed by atoms with van der Waals surface area (Å²) in [4.78, 5) is 11.9. The van der Waals surface area contributed by atoms with Crippen LogP contribution in [0.15, 0.2) is 18.2 Å². The van der Waals surface area contributed by atoms with Gasteiger partial charge in [0.2, 0.25) is 5.91 Å². The molecule has 2 rings (SSSR count). The predicted molar refractivity (Wildman–Crippen MR) is 72.4 cm³/mol. The topological polar surface area (TPSA) is 73.6 Å². The molecule has 1 fully saturated rings. The number of nitrogens with one attached hydrogen (secondary N) is 1. The predicted octanol–water partition coefficient (Wildman–Crippen LogP) is 0.852. The fraction of sp³-hybridized carbons (Fsp3) is 0.500. The largest absolute Gasteiger partial charge is 0.493 e. The Morgan fingerprint density at radius 3 is 2.58 bits per heavy atom. The molecule has 1 aliphatic rings. The summed E-state index contributed by atoms with van der Waals surface area (Å²) >= 11 is 0. The summed E-state index contributed by atoms with van der Waals surface area (Å²) in [7, 11) is 3.17. The molecule has 0 atom stereocenters. The second-order valence-corrected chi connectivity index (χ2v) is 4.86. The molecule has 0 aliphatic heterocycles. The number of amides is 1. The van der Waals surface area contributed by atoms with Gasteiger partial charge in [-0.2, -0.15) is 0 Å². The Balaban J connectivity index is 1.93. The van der Waals surface area contributed by atoms with E-state index in [-0.39, 0.29) is 18.0 Å². The number of carbonyl (C=O) groups excluding carboxylic acids is 1. The van der Waals surface area contributed by atoms with E-state index in [1.165, 1.54) is 0 Å². The lowest BCUT2D eigenvalue weighted by atomic mass is 9.87. The van der Waals surface area contributed by atoms with E-state index in [0.717, 1.165) is 18.4 Å². The van der Waals surface area contributed by atoms with E-state index < -0.39 is 0 Å². The Morgan fingerprint density at radius 2 is 2.00 bits per heavy atom. The molecule has 0 spiro atoms. The quantitative estimate of drug-likeness (QED) is 0.827. The van der Waals surface area contributed by atoms with Gasteiger partial charge in [0.15, 0.2) is 11.5 Å². The fourth-order valence-electron chi connectivity index (χ4n) is 2.23. The number of nitrogens with two attached hydrogens (primary N) is 1. The van der Waals surface area contributed by atoms with Gasteiger partial charge in [-0.15, -0.1) is 0 Å². The van der Waals surface area contributed by atoms with Crippen molar-refractivity contribution in [3.05, 3.63) is 23.8 Å². The molecular formula is C14H20N2O3. The van der Waals surface area contributed by atoms with Crippen molar-refractivity contribution in [2.24, 2.45) is 5.73 Å². The van der Waals surface area contributed by atoms with Crippen LogP contribution in [0.2, 0.25) is 0 Å². The fourth-order valence-corrected chi connectivity index (χ4v) is 2.23. The van der Waals surface area contributed by atoms with Crippen LogP contribution in [-0.2, 0) is 11.2 Å². The van der Waals surface area contributed by atoms with Crippen LogP contribution in [0.3, 0.4) is 0 Å². The minimum atomic E-state index is 0.0177. The lowest BCUT2D eigenvalue weighted by Gasteiger charge is -2.33. The summed E-state index contributed by atoms with van der Waals surface area (Å²) in [6.45, 7) is 0. The lowest BCUT2D eigenvalue weighted by Crippen LogP contribution is -2.50.